The molecule has 1 aliphatic heterocycles. The van der Waals surface area contributed by atoms with Crippen molar-refractivity contribution in [2.24, 2.45) is 0 Å². The van der Waals surface area contributed by atoms with Gasteiger partial charge in [-0.2, -0.15) is 0 Å². The first kappa shape index (κ1) is 23.3. The lowest BCUT2D eigenvalue weighted by Crippen LogP contribution is -2.29. The second-order valence-electron chi connectivity index (χ2n) is 7.03. The van der Waals surface area contributed by atoms with E-state index in [0.29, 0.717) is 39.6 Å². The number of ether oxygens (including phenoxy) is 1. The Balaban J connectivity index is 1.57. The molecule has 1 fully saturated rings. The molecular formula is C23H22ClNO4S2. The minimum absolute atomic E-state index is 0.110. The Morgan fingerprint density at radius 2 is 1.94 bits per heavy atom. The predicted octanol–water partition coefficient (Wildman–Crippen LogP) is 5.77. The molecule has 1 amide bonds. The number of aliphatic carboxylic acids is 1. The fourth-order valence-electron chi connectivity index (χ4n) is 3.01. The molecule has 0 radical (unpaired) electrons. The number of benzene rings is 2. The second-order valence-corrected chi connectivity index (χ2v) is 9.14. The molecule has 1 heterocycles. The van der Waals surface area contributed by atoms with E-state index >= 15 is 0 Å². The minimum atomic E-state index is -0.798. The Morgan fingerprint density at radius 3 is 2.68 bits per heavy atom. The van der Waals surface area contributed by atoms with E-state index in [1.165, 1.54) is 11.8 Å². The maximum absolute atomic E-state index is 12.7. The van der Waals surface area contributed by atoms with Gasteiger partial charge in [0.05, 0.1) is 4.91 Å². The predicted molar refractivity (Wildman–Crippen MR) is 128 cm³/mol. The zero-order valence-corrected chi connectivity index (χ0v) is 19.1. The molecule has 0 spiro atoms. The minimum Gasteiger partial charge on any atom is -0.489 e. The standard InChI is InChI=1S/C23H22ClNO4S2/c24-18-10-8-16(9-11-18)15-29-19-6-4-5-17(13-19)14-20-22(28)25(23(30)31-20)12-3-1-2-7-21(26)27/h4-6,8-11,13-14H,1-3,7,12,15H2,(H,26,27)/b20-14+. The summed E-state index contributed by atoms with van der Waals surface area (Å²) in [5.74, 6) is -0.203. The molecule has 1 aliphatic rings. The smallest absolute Gasteiger partial charge is 0.303 e. The van der Waals surface area contributed by atoms with Gasteiger partial charge < -0.3 is 9.84 Å². The maximum Gasteiger partial charge on any atom is 0.303 e. The summed E-state index contributed by atoms with van der Waals surface area (Å²) in [6, 6.07) is 15.0. The number of halogens is 1. The lowest BCUT2D eigenvalue weighted by molar-refractivity contribution is -0.137. The monoisotopic (exact) mass is 475 g/mol. The summed E-state index contributed by atoms with van der Waals surface area (Å²) < 4.78 is 6.39. The zero-order valence-electron chi connectivity index (χ0n) is 16.8. The molecule has 1 N–H and O–H groups in total. The third-order valence-electron chi connectivity index (χ3n) is 4.62. The van der Waals surface area contributed by atoms with Crippen molar-refractivity contribution in [2.75, 3.05) is 6.54 Å². The van der Waals surface area contributed by atoms with Crippen LogP contribution in [-0.2, 0) is 16.2 Å². The van der Waals surface area contributed by atoms with Crippen LogP contribution in [0.25, 0.3) is 6.08 Å². The first-order valence-corrected chi connectivity index (χ1v) is 11.5. The Morgan fingerprint density at radius 1 is 1.16 bits per heavy atom. The number of carbonyl (C=O) groups excluding carboxylic acids is 1. The molecule has 0 bridgehead atoms. The van der Waals surface area contributed by atoms with Gasteiger partial charge in [-0.1, -0.05) is 66.3 Å². The molecule has 31 heavy (non-hydrogen) atoms. The van der Waals surface area contributed by atoms with Gasteiger partial charge in [0.1, 0.15) is 16.7 Å². The topological polar surface area (TPSA) is 66.8 Å². The first-order chi connectivity index (χ1) is 14.9. The number of hydrogen-bond acceptors (Lipinski definition) is 5. The van der Waals surface area contributed by atoms with Crippen molar-refractivity contribution in [3.63, 3.8) is 0 Å². The average molecular weight is 476 g/mol. The van der Waals surface area contributed by atoms with E-state index in [4.69, 9.17) is 33.7 Å². The van der Waals surface area contributed by atoms with E-state index < -0.39 is 5.97 Å². The van der Waals surface area contributed by atoms with Gasteiger partial charge in [-0.3, -0.25) is 14.5 Å². The van der Waals surface area contributed by atoms with Crippen LogP contribution in [0.4, 0.5) is 0 Å². The highest BCUT2D eigenvalue weighted by Gasteiger charge is 2.31. The van der Waals surface area contributed by atoms with Gasteiger partial charge in [0.15, 0.2) is 0 Å². The third kappa shape index (κ3) is 7.09. The molecule has 2 aromatic carbocycles. The zero-order chi connectivity index (χ0) is 22.2. The highest BCUT2D eigenvalue weighted by Crippen LogP contribution is 2.33. The molecule has 0 aromatic heterocycles. The van der Waals surface area contributed by atoms with Crippen LogP contribution in [0.1, 0.15) is 36.8 Å². The largest absolute Gasteiger partial charge is 0.489 e. The summed E-state index contributed by atoms with van der Waals surface area (Å²) in [6.45, 7) is 0.927. The summed E-state index contributed by atoms with van der Waals surface area (Å²) in [4.78, 5) is 25.5. The summed E-state index contributed by atoms with van der Waals surface area (Å²) in [5.41, 5.74) is 1.87. The highest BCUT2D eigenvalue weighted by molar-refractivity contribution is 8.26. The van der Waals surface area contributed by atoms with Gasteiger partial charge in [0, 0.05) is 18.0 Å². The lowest BCUT2D eigenvalue weighted by Gasteiger charge is -2.13. The normalized spacial score (nSPS) is 15.0. The summed E-state index contributed by atoms with van der Waals surface area (Å²) >= 11 is 12.5. The number of carboxylic acids is 1. The van der Waals surface area contributed by atoms with Gasteiger partial charge in [-0.05, 0) is 54.3 Å². The van der Waals surface area contributed by atoms with Gasteiger partial charge in [0.25, 0.3) is 5.91 Å². The van der Waals surface area contributed by atoms with E-state index in [-0.39, 0.29) is 12.3 Å². The second kappa shape index (κ2) is 11.3. The van der Waals surface area contributed by atoms with E-state index in [1.807, 2.05) is 54.6 Å². The summed E-state index contributed by atoms with van der Waals surface area (Å²) in [5, 5.41) is 9.38. The summed E-state index contributed by atoms with van der Waals surface area (Å²) in [6.07, 6.45) is 4.03. The number of thioether (sulfide) groups is 1. The fraction of sp³-hybridized carbons (Fsp3) is 0.261. The van der Waals surface area contributed by atoms with Crippen molar-refractivity contribution in [3.05, 3.63) is 69.6 Å². The van der Waals surface area contributed by atoms with Crippen molar-refractivity contribution in [1.29, 1.82) is 0 Å². The molecule has 2 aromatic rings. The Kier molecular flexibility index (Phi) is 8.51. The van der Waals surface area contributed by atoms with Crippen LogP contribution in [-0.4, -0.2) is 32.7 Å². The van der Waals surface area contributed by atoms with Crippen LogP contribution in [0.15, 0.2) is 53.4 Å². The van der Waals surface area contributed by atoms with Crippen LogP contribution >= 0.6 is 35.6 Å². The molecule has 0 unspecified atom stereocenters. The third-order valence-corrected chi connectivity index (χ3v) is 6.25. The number of carboxylic acid groups (broad SMARTS) is 1. The molecule has 8 heteroatoms. The van der Waals surface area contributed by atoms with Crippen molar-refractivity contribution in [3.8, 4) is 5.75 Å². The van der Waals surface area contributed by atoms with Gasteiger partial charge in [0.2, 0.25) is 0 Å². The molecule has 0 aliphatic carbocycles. The number of unbranched alkanes of at least 4 members (excludes halogenated alkanes) is 2. The van der Waals surface area contributed by atoms with E-state index in [1.54, 1.807) is 4.90 Å². The molecule has 0 atom stereocenters. The average Bonchev–Trinajstić information content (AvgIpc) is 3.00. The molecular weight excluding hydrogens is 454 g/mol. The van der Waals surface area contributed by atoms with Gasteiger partial charge >= 0.3 is 5.97 Å². The molecule has 3 rings (SSSR count). The molecule has 5 nitrogen and oxygen atoms in total. The quantitative estimate of drug-likeness (QED) is 0.267. The summed E-state index contributed by atoms with van der Waals surface area (Å²) in [7, 11) is 0. The number of nitrogens with zero attached hydrogens (tertiary/aromatic N) is 1. The Bertz CT molecular complexity index is 991. The Hall–Kier alpha value is -2.35. The van der Waals surface area contributed by atoms with Gasteiger partial charge in [-0.25, -0.2) is 0 Å². The van der Waals surface area contributed by atoms with Crippen LogP contribution in [0, 0.1) is 0 Å². The number of amides is 1. The Labute approximate surface area is 196 Å². The van der Waals surface area contributed by atoms with Gasteiger partial charge in [-0.15, -0.1) is 0 Å². The lowest BCUT2D eigenvalue weighted by atomic mass is 10.2. The van der Waals surface area contributed by atoms with E-state index in [9.17, 15) is 9.59 Å². The highest BCUT2D eigenvalue weighted by atomic mass is 35.5. The molecule has 162 valence electrons. The first-order valence-electron chi connectivity index (χ1n) is 9.87. The molecule has 1 saturated heterocycles. The van der Waals surface area contributed by atoms with E-state index in [0.717, 1.165) is 24.0 Å². The van der Waals surface area contributed by atoms with Crippen molar-refractivity contribution >= 4 is 57.9 Å². The number of hydrogen-bond donors (Lipinski definition) is 1. The fourth-order valence-corrected chi connectivity index (χ4v) is 4.44. The number of rotatable bonds is 10. The number of thiocarbonyl (C=S) groups is 1. The SMILES string of the molecule is O=C(O)CCCCCN1C(=O)/C(=C\c2cccc(OCc3ccc(Cl)cc3)c2)SC1=S. The van der Waals surface area contributed by atoms with E-state index in [2.05, 4.69) is 0 Å². The van der Waals surface area contributed by atoms with Crippen molar-refractivity contribution < 1.29 is 19.4 Å². The van der Waals surface area contributed by atoms with Crippen molar-refractivity contribution in [2.45, 2.75) is 32.3 Å². The number of carbonyl (C=O) groups is 2. The van der Waals surface area contributed by atoms with Crippen LogP contribution in [0.2, 0.25) is 5.02 Å². The molecule has 0 saturated carbocycles. The van der Waals surface area contributed by atoms with Crippen LogP contribution < -0.4 is 4.74 Å². The van der Waals surface area contributed by atoms with Crippen LogP contribution in [0.3, 0.4) is 0 Å². The van der Waals surface area contributed by atoms with Crippen molar-refractivity contribution in [1.82, 2.24) is 4.90 Å². The van der Waals surface area contributed by atoms with Crippen LogP contribution in [0.5, 0.6) is 5.75 Å². The maximum atomic E-state index is 12.7.